The first kappa shape index (κ1) is 17.0. The molecule has 1 aliphatic heterocycles. The van der Waals surface area contributed by atoms with Gasteiger partial charge in [0.2, 0.25) is 10.0 Å². The normalized spacial score (nSPS) is 19.5. The van der Waals surface area contributed by atoms with E-state index in [9.17, 15) is 8.42 Å². The first-order chi connectivity index (χ1) is 11.5. The molecule has 1 fully saturated rings. The van der Waals surface area contributed by atoms with Crippen molar-refractivity contribution in [2.45, 2.75) is 38.6 Å². The van der Waals surface area contributed by atoms with Crippen molar-refractivity contribution in [3.05, 3.63) is 30.5 Å². The van der Waals surface area contributed by atoms with Crippen molar-refractivity contribution in [2.75, 3.05) is 19.3 Å². The molecule has 130 valence electrons. The molecule has 0 saturated carbocycles. The molecule has 0 aliphatic carbocycles. The molecule has 0 radical (unpaired) electrons. The zero-order valence-corrected chi connectivity index (χ0v) is 14.9. The number of piperidine rings is 1. The van der Waals surface area contributed by atoms with Gasteiger partial charge in [0.1, 0.15) is 0 Å². The van der Waals surface area contributed by atoms with Gasteiger partial charge in [0.15, 0.2) is 0 Å². The maximum absolute atomic E-state index is 11.7. The highest BCUT2D eigenvalue weighted by Crippen LogP contribution is 2.27. The maximum atomic E-state index is 11.7. The minimum atomic E-state index is -3.15. The number of nitrogens with zero attached hydrogens (tertiary/aromatic N) is 5. The SMILES string of the molecule is CCCn1cc(-c2cnc([C@H]3CCCN(S(C)(=O)=O)C3)cn2)cn1. The van der Waals surface area contributed by atoms with Gasteiger partial charge in [-0.1, -0.05) is 6.92 Å². The minimum Gasteiger partial charge on any atom is -0.272 e. The Labute approximate surface area is 142 Å². The van der Waals surface area contributed by atoms with Crippen molar-refractivity contribution in [3.63, 3.8) is 0 Å². The summed E-state index contributed by atoms with van der Waals surface area (Å²) in [6.45, 7) is 4.08. The maximum Gasteiger partial charge on any atom is 0.211 e. The van der Waals surface area contributed by atoms with E-state index in [1.165, 1.54) is 10.6 Å². The molecule has 2 aromatic rings. The van der Waals surface area contributed by atoms with Crippen molar-refractivity contribution < 1.29 is 8.42 Å². The fraction of sp³-hybridized carbons (Fsp3) is 0.562. The molecule has 0 N–H and O–H groups in total. The second kappa shape index (κ2) is 6.98. The zero-order chi connectivity index (χ0) is 17.2. The van der Waals surface area contributed by atoms with Crippen LogP contribution in [-0.4, -0.2) is 51.8 Å². The third-order valence-electron chi connectivity index (χ3n) is 4.32. The Bertz CT molecular complexity index is 785. The highest BCUT2D eigenvalue weighted by Gasteiger charge is 2.27. The summed E-state index contributed by atoms with van der Waals surface area (Å²) in [7, 11) is -3.15. The van der Waals surface area contributed by atoms with Crippen LogP contribution in [0.15, 0.2) is 24.8 Å². The Morgan fingerprint density at radius 1 is 1.25 bits per heavy atom. The van der Waals surface area contributed by atoms with E-state index < -0.39 is 10.0 Å². The van der Waals surface area contributed by atoms with Crippen LogP contribution >= 0.6 is 0 Å². The molecule has 3 heterocycles. The predicted molar refractivity (Wildman–Crippen MR) is 91.9 cm³/mol. The third kappa shape index (κ3) is 3.81. The van der Waals surface area contributed by atoms with Crippen LogP contribution in [0.4, 0.5) is 0 Å². The van der Waals surface area contributed by atoms with Crippen molar-refractivity contribution in [1.29, 1.82) is 0 Å². The van der Waals surface area contributed by atoms with Crippen LogP contribution in [0.5, 0.6) is 0 Å². The van der Waals surface area contributed by atoms with Gasteiger partial charge in [-0.25, -0.2) is 12.7 Å². The number of rotatable bonds is 5. The van der Waals surface area contributed by atoms with E-state index in [1.807, 2.05) is 10.9 Å². The lowest BCUT2D eigenvalue weighted by molar-refractivity contribution is 0.314. The number of hydrogen-bond acceptors (Lipinski definition) is 5. The standard InChI is InChI=1S/C16H23N5O2S/c1-3-6-20-11-14(8-19-20)16-10-17-15(9-18-16)13-5-4-7-21(12-13)24(2,22)23/h8-11,13H,3-7,12H2,1-2H3/t13-/m0/s1. The van der Waals surface area contributed by atoms with Gasteiger partial charge in [-0.2, -0.15) is 5.10 Å². The van der Waals surface area contributed by atoms with E-state index in [1.54, 1.807) is 18.6 Å². The molecule has 1 aliphatic rings. The molecule has 0 aromatic carbocycles. The average Bonchev–Trinajstić information content (AvgIpc) is 3.03. The molecule has 8 heteroatoms. The molecule has 3 rings (SSSR count). The Hall–Kier alpha value is -1.80. The Kier molecular flexibility index (Phi) is 4.96. The fourth-order valence-electron chi connectivity index (χ4n) is 3.03. The lowest BCUT2D eigenvalue weighted by Gasteiger charge is -2.30. The van der Waals surface area contributed by atoms with Gasteiger partial charge in [-0.05, 0) is 19.3 Å². The van der Waals surface area contributed by atoms with E-state index in [0.29, 0.717) is 13.1 Å². The van der Waals surface area contributed by atoms with Crippen LogP contribution in [-0.2, 0) is 16.6 Å². The smallest absolute Gasteiger partial charge is 0.211 e. The lowest BCUT2D eigenvalue weighted by Crippen LogP contribution is -2.38. The first-order valence-corrected chi connectivity index (χ1v) is 10.1. The summed E-state index contributed by atoms with van der Waals surface area (Å²) < 4.78 is 26.9. The van der Waals surface area contributed by atoms with Gasteiger partial charge in [0, 0.05) is 43.5 Å². The summed E-state index contributed by atoms with van der Waals surface area (Å²) in [6.07, 6.45) is 11.4. The Balaban J connectivity index is 1.74. The summed E-state index contributed by atoms with van der Waals surface area (Å²) in [5, 5.41) is 4.31. The number of hydrogen-bond donors (Lipinski definition) is 0. The van der Waals surface area contributed by atoms with Gasteiger partial charge in [0.05, 0.1) is 30.0 Å². The van der Waals surface area contributed by atoms with Crippen LogP contribution in [0, 0.1) is 0 Å². The summed E-state index contributed by atoms with van der Waals surface area (Å²) in [5.74, 6) is 0.109. The molecule has 0 spiro atoms. The zero-order valence-electron chi connectivity index (χ0n) is 14.1. The lowest BCUT2D eigenvalue weighted by atomic mass is 9.96. The van der Waals surface area contributed by atoms with E-state index in [4.69, 9.17) is 0 Å². The van der Waals surface area contributed by atoms with E-state index >= 15 is 0 Å². The van der Waals surface area contributed by atoms with E-state index in [0.717, 1.165) is 42.8 Å². The summed E-state index contributed by atoms with van der Waals surface area (Å²) in [6, 6.07) is 0. The molecule has 1 atom stereocenters. The van der Waals surface area contributed by atoms with Crippen LogP contribution in [0.2, 0.25) is 0 Å². The highest BCUT2D eigenvalue weighted by atomic mass is 32.2. The Morgan fingerprint density at radius 3 is 2.75 bits per heavy atom. The molecule has 0 bridgehead atoms. The van der Waals surface area contributed by atoms with Crippen LogP contribution < -0.4 is 0 Å². The Morgan fingerprint density at radius 2 is 2.08 bits per heavy atom. The van der Waals surface area contributed by atoms with Crippen molar-refractivity contribution in [3.8, 4) is 11.3 Å². The summed E-state index contributed by atoms with van der Waals surface area (Å²) in [4.78, 5) is 9.03. The predicted octanol–water partition coefficient (Wildman–Crippen LogP) is 1.89. The molecule has 2 aromatic heterocycles. The number of sulfonamides is 1. The van der Waals surface area contributed by atoms with Gasteiger partial charge >= 0.3 is 0 Å². The monoisotopic (exact) mass is 349 g/mol. The van der Waals surface area contributed by atoms with Crippen molar-refractivity contribution >= 4 is 10.0 Å². The number of aryl methyl sites for hydroxylation is 1. The molecular weight excluding hydrogens is 326 g/mol. The van der Waals surface area contributed by atoms with Crippen LogP contribution in [0.25, 0.3) is 11.3 Å². The minimum absolute atomic E-state index is 0.109. The first-order valence-electron chi connectivity index (χ1n) is 8.27. The molecule has 0 unspecified atom stereocenters. The van der Waals surface area contributed by atoms with E-state index in [2.05, 4.69) is 22.0 Å². The molecular formula is C16H23N5O2S. The fourth-order valence-corrected chi connectivity index (χ4v) is 3.94. The van der Waals surface area contributed by atoms with Gasteiger partial charge in [0.25, 0.3) is 0 Å². The van der Waals surface area contributed by atoms with Crippen molar-refractivity contribution in [1.82, 2.24) is 24.1 Å². The van der Waals surface area contributed by atoms with E-state index in [-0.39, 0.29) is 5.92 Å². The van der Waals surface area contributed by atoms with Gasteiger partial charge in [-0.3, -0.25) is 14.6 Å². The topological polar surface area (TPSA) is 81.0 Å². The summed E-state index contributed by atoms with van der Waals surface area (Å²) in [5.41, 5.74) is 2.59. The van der Waals surface area contributed by atoms with Crippen LogP contribution in [0.1, 0.15) is 37.8 Å². The summed E-state index contributed by atoms with van der Waals surface area (Å²) >= 11 is 0. The molecule has 1 saturated heterocycles. The molecule has 7 nitrogen and oxygen atoms in total. The average molecular weight is 349 g/mol. The molecule has 24 heavy (non-hydrogen) atoms. The van der Waals surface area contributed by atoms with Crippen LogP contribution in [0.3, 0.4) is 0 Å². The van der Waals surface area contributed by atoms with Gasteiger partial charge < -0.3 is 0 Å². The third-order valence-corrected chi connectivity index (χ3v) is 5.59. The molecule has 0 amide bonds. The quantitative estimate of drug-likeness (QED) is 0.823. The van der Waals surface area contributed by atoms with Crippen molar-refractivity contribution in [2.24, 2.45) is 0 Å². The number of aromatic nitrogens is 4. The second-order valence-electron chi connectivity index (χ2n) is 6.28. The van der Waals surface area contributed by atoms with Gasteiger partial charge in [-0.15, -0.1) is 0 Å². The highest BCUT2D eigenvalue weighted by molar-refractivity contribution is 7.88. The second-order valence-corrected chi connectivity index (χ2v) is 8.26. The largest absolute Gasteiger partial charge is 0.272 e.